The average molecular weight is 719 g/mol. The number of aromatic nitrogens is 1. The molecule has 2 fully saturated rings. The molecule has 0 spiro atoms. The van der Waals surface area contributed by atoms with Crippen LogP contribution in [0, 0.1) is 12.8 Å². The van der Waals surface area contributed by atoms with Gasteiger partial charge in [-0.2, -0.15) is 0 Å². The minimum atomic E-state index is -0.459. The summed E-state index contributed by atoms with van der Waals surface area (Å²) < 4.78 is 30.4. The number of hydrogen-bond donors (Lipinski definition) is 3. The van der Waals surface area contributed by atoms with Crippen LogP contribution in [0.2, 0.25) is 0 Å². The third-order valence-corrected chi connectivity index (χ3v) is 9.84. The van der Waals surface area contributed by atoms with Crippen LogP contribution >= 0.6 is 0 Å². The molecule has 11 nitrogen and oxygen atoms in total. The van der Waals surface area contributed by atoms with Crippen molar-refractivity contribution in [1.29, 1.82) is 0 Å². The van der Waals surface area contributed by atoms with Gasteiger partial charge in [-0.15, -0.1) is 0 Å². The Morgan fingerprint density at radius 3 is 2.42 bits per heavy atom. The second-order valence-corrected chi connectivity index (χ2v) is 13.7. The fraction of sp³-hybridized carbons (Fsp3) is 0.333. The number of nitrogens with zero attached hydrogens (tertiary/aromatic N) is 1. The van der Waals surface area contributed by atoms with E-state index in [0.29, 0.717) is 61.6 Å². The zero-order valence-electron chi connectivity index (χ0n) is 30.1. The molecule has 3 aromatic carbocycles. The summed E-state index contributed by atoms with van der Waals surface area (Å²) in [5, 5.41) is 6.21. The summed E-state index contributed by atoms with van der Waals surface area (Å²) in [5.41, 5.74) is 12.8. The first kappa shape index (κ1) is 36.2. The van der Waals surface area contributed by atoms with E-state index >= 15 is 0 Å². The third kappa shape index (κ3) is 8.72. The average Bonchev–Trinajstić information content (AvgIpc) is 3.19. The Kier molecular flexibility index (Phi) is 11.4. The van der Waals surface area contributed by atoms with Gasteiger partial charge in [0.1, 0.15) is 24.4 Å². The molecule has 3 aliphatic heterocycles. The lowest BCUT2D eigenvalue weighted by Crippen LogP contribution is -2.36. The molecule has 2 unspecified atom stereocenters. The highest BCUT2D eigenvalue weighted by molar-refractivity contribution is 6.04. The number of methoxy groups -OCH3 is 1. The number of anilines is 1. The molecular formula is C42H46N4O7. The van der Waals surface area contributed by atoms with Gasteiger partial charge >= 0.3 is 0 Å². The van der Waals surface area contributed by atoms with Crippen molar-refractivity contribution in [1.82, 2.24) is 9.88 Å². The van der Waals surface area contributed by atoms with Crippen LogP contribution in [0.4, 0.5) is 5.69 Å². The van der Waals surface area contributed by atoms with Gasteiger partial charge in [0.05, 0.1) is 26.9 Å². The maximum Gasteiger partial charge on any atom is 0.261 e. The van der Waals surface area contributed by atoms with E-state index in [0.717, 1.165) is 59.5 Å². The zero-order chi connectivity index (χ0) is 36.7. The molecule has 4 N–H and O–H groups in total. The van der Waals surface area contributed by atoms with Crippen molar-refractivity contribution < 1.29 is 28.5 Å². The number of ether oxygens (including phenoxy) is 5. The van der Waals surface area contributed by atoms with Crippen LogP contribution in [0.1, 0.15) is 39.9 Å². The Hall–Kier alpha value is -5.20. The van der Waals surface area contributed by atoms with E-state index in [2.05, 4.69) is 10.6 Å². The number of pyridine rings is 1. The molecule has 11 heteroatoms. The fourth-order valence-corrected chi connectivity index (χ4v) is 6.79. The lowest BCUT2D eigenvalue weighted by atomic mass is 9.95. The third-order valence-electron chi connectivity index (χ3n) is 9.84. The summed E-state index contributed by atoms with van der Waals surface area (Å²) in [7, 11) is 1.61. The molecule has 7 rings (SSSR count). The number of rotatable bonds is 11. The van der Waals surface area contributed by atoms with Crippen molar-refractivity contribution in [2.75, 3.05) is 52.1 Å². The second-order valence-electron chi connectivity index (χ2n) is 13.7. The highest BCUT2D eigenvalue weighted by Gasteiger charge is 2.22. The Labute approximate surface area is 309 Å². The molecular weight excluding hydrogens is 672 g/mol. The maximum absolute atomic E-state index is 13.8. The van der Waals surface area contributed by atoms with Crippen molar-refractivity contribution in [3.8, 4) is 22.6 Å². The minimum absolute atomic E-state index is 0.0957. The first-order chi connectivity index (χ1) is 25.8. The molecule has 0 aliphatic carbocycles. The van der Waals surface area contributed by atoms with Crippen LogP contribution in [0.25, 0.3) is 22.3 Å². The number of allylic oxidation sites excluding steroid dienone is 2. The summed E-state index contributed by atoms with van der Waals surface area (Å²) in [6.45, 7) is 6.17. The van der Waals surface area contributed by atoms with Gasteiger partial charge in [0.2, 0.25) is 5.43 Å². The van der Waals surface area contributed by atoms with Crippen LogP contribution < -0.4 is 31.3 Å². The summed E-state index contributed by atoms with van der Waals surface area (Å²) >= 11 is 0. The summed E-state index contributed by atoms with van der Waals surface area (Å²) in [4.78, 5) is 27.5. The molecule has 0 saturated carbocycles. The van der Waals surface area contributed by atoms with E-state index in [9.17, 15) is 9.59 Å². The van der Waals surface area contributed by atoms with E-state index < -0.39 is 12.1 Å². The number of nitrogens with one attached hydrogen (secondary N) is 2. The highest BCUT2D eigenvalue weighted by atomic mass is 16.6. The molecule has 2 atom stereocenters. The Morgan fingerprint density at radius 1 is 0.925 bits per heavy atom. The summed E-state index contributed by atoms with van der Waals surface area (Å²) in [5.74, 6) is 1.17. The summed E-state index contributed by atoms with van der Waals surface area (Å²) in [6, 6.07) is 21.0. The van der Waals surface area contributed by atoms with Gasteiger partial charge in [-0.3, -0.25) is 9.59 Å². The molecule has 0 bridgehead atoms. The van der Waals surface area contributed by atoms with Crippen molar-refractivity contribution in [3.05, 3.63) is 124 Å². The summed E-state index contributed by atoms with van der Waals surface area (Å²) in [6.07, 6.45) is 8.78. The van der Waals surface area contributed by atoms with E-state index in [1.165, 1.54) is 0 Å². The van der Waals surface area contributed by atoms with E-state index in [-0.39, 0.29) is 17.1 Å². The molecule has 1 amide bonds. The van der Waals surface area contributed by atoms with Gasteiger partial charge in [0.25, 0.3) is 5.91 Å². The minimum Gasteiger partial charge on any atom is -0.493 e. The monoisotopic (exact) mass is 718 g/mol. The lowest BCUT2D eigenvalue weighted by molar-refractivity contribution is -0.101. The van der Waals surface area contributed by atoms with Crippen molar-refractivity contribution in [2.45, 2.75) is 38.6 Å². The van der Waals surface area contributed by atoms with Crippen molar-refractivity contribution in [2.24, 2.45) is 11.7 Å². The standard InChI is InChI=1S/C42H46N4O7/c1-27-3-5-30(6-4-27)36-23-46(22-28-13-15-50-16-14-28)24-37(40(36)47)42(48)45-33-10-7-29(8-11-33)35-19-32(21-44-41(35)43)31-9-12-38(39(20-31)49-2)53-26-34-25-51-17-18-52-34/h3-12,19-21,23-24,28,34,41,44H,13-18,22,25-26,43H2,1-2H3,(H,45,48). The topological polar surface area (TPSA) is 135 Å². The second kappa shape index (κ2) is 16.6. The van der Waals surface area contributed by atoms with Crippen LogP contribution in [0.3, 0.4) is 0 Å². The van der Waals surface area contributed by atoms with Gasteiger partial charge < -0.3 is 44.6 Å². The van der Waals surface area contributed by atoms with Gasteiger partial charge in [0, 0.05) is 49.6 Å². The molecule has 4 heterocycles. The van der Waals surface area contributed by atoms with E-state index in [4.69, 9.17) is 29.4 Å². The van der Waals surface area contributed by atoms with Crippen LogP contribution in [-0.4, -0.2) is 69.5 Å². The quantitative estimate of drug-likeness (QED) is 0.181. The lowest BCUT2D eigenvalue weighted by Gasteiger charge is -2.24. The number of hydrogen-bond acceptors (Lipinski definition) is 9. The molecule has 276 valence electrons. The van der Waals surface area contributed by atoms with Crippen molar-refractivity contribution in [3.63, 3.8) is 0 Å². The predicted molar refractivity (Wildman–Crippen MR) is 205 cm³/mol. The fourth-order valence-electron chi connectivity index (χ4n) is 6.79. The van der Waals surface area contributed by atoms with Crippen molar-refractivity contribution >= 4 is 22.7 Å². The molecule has 3 aliphatic rings. The first-order valence-corrected chi connectivity index (χ1v) is 18.1. The van der Waals surface area contributed by atoms with E-state index in [1.807, 2.05) is 96.7 Å². The van der Waals surface area contributed by atoms with Gasteiger partial charge in [-0.05, 0) is 83.9 Å². The van der Waals surface area contributed by atoms with Gasteiger partial charge in [-0.1, -0.05) is 48.0 Å². The largest absolute Gasteiger partial charge is 0.493 e. The molecule has 53 heavy (non-hydrogen) atoms. The maximum atomic E-state index is 13.8. The first-order valence-electron chi connectivity index (χ1n) is 18.1. The highest BCUT2D eigenvalue weighted by Crippen LogP contribution is 2.34. The normalized spacial score (nSPS) is 19.1. The van der Waals surface area contributed by atoms with E-state index in [1.54, 1.807) is 13.3 Å². The number of amides is 1. The number of dihydropyridines is 1. The zero-order valence-corrected chi connectivity index (χ0v) is 30.1. The number of carbonyl (C=O) groups excluding carboxylic acids is 1. The van der Waals surface area contributed by atoms with Crippen LogP contribution in [-0.2, 0) is 20.8 Å². The molecule has 0 radical (unpaired) electrons. The Morgan fingerprint density at radius 2 is 1.68 bits per heavy atom. The number of nitrogens with two attached hydrogens (primary N) is 1. The molecule has 4 aromatic rings. The Balaban J connectivity index is 1.08. The Bertz CT molecular complexity index is 2030. The number of benzene rings is 3. The smallest absolute Gasteiger partial charge is 0.261 e. The SMILES string of the molecule is COc1cc(C2=CNC(N)C(c3ccc(NC(=O)c4cn(CC5CCOCC5)cc(-c5ccc(C)cc5)c4=O)cc3)=C2)ccc1OCC1COCCO1. The van der Waals surface area contributed by atoms with Gasteiger partial charge in [-0.25, -0.2) is 0 Å². The number of aryl methyl sites for hydroxylation is 1. The van der Waals surface area contributed by atoms with Crippen LogP contribution in [0.5, 0.6) is 11.5 Å². The molecule has 1 aromatic heterocycles. The van der Waals surface area contributed by atoms with Gasteiger partial charge in [0.15, 0.2) is 11.5 Å². The predicted octanol–water partition coefficient (Wildman–Crippen LogP) is 5.62. The number of carbonyl (C=O) groups is 1. The molecule has 2 saturated heterocycles. The van der Waals surface area contributed by atoms with Crippen LogP contribution in [0.15, 0.2) is 96.2 Å².